The standard InChI is InChI=1S/C21H20BrNO3/c1-4-25-21(24)17(12-23)11-16-9-14(2)10-18(15(16)3)13-26-20-8-6-5-7-19(20)22/h5-11H,4,13H2,1-3H3. The molecule has 0 aliphatic heterocycles. The number of ether oxygens (including phenoxy) is 2. The maximum Gasteiger partial charge on any atom is 0.348 e. The Bertz CT molecular complexity index is 881. The number of carbonyl (C=O) groups is 1. The summed E-state index contributed by atoms with van der Waals surface area (Å²) in [6, 6.07) is 13.6. The fourth-order valence-electron chi connectivity index (χ4n) is 2.48. The van der Waals surface area contributed by atoms with Crippen LogP contribution in [-0.2, 0) is 16.1 Å². The molecule has 0 heterocycles. The number of nitriles is 1. The summed E-state index contributed by atoms with van der Waals surface area (Å²) in [7, 11) is 0. The van der Waals surface area contributed by atoms with Crippen LogP contribution in [0.25, 0.3) is 6.08 Å². The molecule has 0 N–H and O–H groups in total. The van der Waals surface area contributed by atoms with E-state index >= 15 is 0 Å². The van der Waals surface area contributed by atoms with Crippen LogP contribution in [-0.4, -0.2) is 12.6 Å². The average Bonchev–Trinajstić information content (AvgIpc) is 2.62. The molecule has 0 aromatic heterocycles. The minimum Gasteiger partial charge on any atom is -0.488 e. The third kappa shape index (κ3) is 4.96. The number of aryl methyl sites for hydroxylation is 1. The summed E-state index contributed by atoms with van der Waals surface area (Å²) in [6.45, 7) is 6.25. The lowest BCUT2D eigenvalue weighted by Crippen LogP contribution is -2.07. The molecule has 0 bridgehead atoms. The van der Waals surface area contributed by atoms with Crippen LogP contribution in [0.5, 0.6) is 5.75 Å². The van der Waals surface area contributed by atoms with E-state index in [4.69, 9.17) is 9.47 Å². The number of carbonyl (C=O) groups excluding carboxylic acids is 1. The quantitative estimate of drug-likeness (QED) is 0.374. The zero-order valence-corrected chi connectivity index (χ0v) is 16.6. The third-order valence-electron chi connectivity index (χ3n) is 3.84. The van der Waals surface area contributed by atoms with Crippen LogP contribution >= 0.6 is 15.9 Å². The van der Waals surface area contributed by atoms with Crippen LogP contribution in [0, 0.1) is 25.2 Å². The predicted molar refractivity (Wildman–Crippen MR) is 105 cm³/mol. The van der Waals surface area contributed by atoms with Gasteiger partial charge in [0.2, 0.25) is 0 Å². The van der Waals surface area contributed by atoms with Gasteiger partial charge in [-0.15, -0.1) is 0 Å². The van der Waals surface area contributed by atoms with Gasteiger partial charge < -0.3 is 9.47 Å². The predicted octanol–water partition coefficient (Wildman–Crippen LogP) is 5.12. The van der Waals surface area contributed by atoms with Gasteiger partial charge in [0.15, 0.2) is 0 Å². The number of esters is 1. The van der Waals surface area contributed by atoms with Crippen molar-refractivity contribution in [2.24, 2.45) is 0 Å². The fourth-order valence-corrected chi connectivity index (χ4v) is 2.88. The molecular weight excluding hydrogens is 394 g/mol. The maximum atomic E-state index is 11.9. The summed E-state index contributed by atoms with van der Waals surface area (Å²) in [5.41, 5.74) is 3.76. The van der Waals surface area contributed by atoms with Crippen LogP contribution < -0.4 is 4.74 Å². The molecule has 2 rings (SSSR count). The van der Waals surface area contributed by atoms with E-state index in [1.54, 1.807) is 13.0 Å². The van der Waals surface area contributed by atoms with Crippen molar-refractivity contribution in [3.63, 3.8) is 0 Å². The number of nitrogens with zero attached hydrogens (tertiary/aromatic N) is 1. The number of halogens is 1. The molecule has 0 atom stereocenters. The van der Waals surface area contributed by atoms with Crippen molar-refractivity contribution in [2.75, 3.05) is 6.61 Å². The monoisotopic (exact) mass is 413 g/mol. The molecule has 2 aromatic carbocycles. The van der Waals surface area contributed by atoms with Gasteiger partial charge in [-0.1, -0.05) is 29.8 Å². The topological polar surface area (TPSA) is 59.3 Å². The molecule has 2 aromatic rings. The Morgan fingerprint density at radius 3 is 2.65 bits per heavy atom. The van der Waals surface area contributed by atoms with Crippen molar-refractivity contribution in [3.05, 3.63) is 68.7 Å². The lowest BCUT2D eigenvalue weighted by atomic mass is 9.98. The summed E-state index contributed by atoms with van der Waals surface area (Å²) in [4.78, 5) is 11.9. The maximum absolute atomic E-state index is 11.9. The molecule has 5 heteroatoms. The van der Waals surface area contributed by atoms with Gasteiger partial charge in [0.25, 0.3) is 0 Å². The van der Waals surface area contributed by atoms with E-state index in [1.807, 2.05) is 56.3 Å². The third-order valence-corrected chi connectivity index (χ3v) is 4.49. The molecule has 0 radical (unpaired) electrons. The van der Waals surface area contributed by atoms with Crippen LogP contribution in [0.4, 0.5) is 0 Å². The summed E-state index contributed by atoms with van der Waals surface area (Å²) in [5.74, 6) is 0.150. The van der Waals surface area contributed by atoms with Crippen LogP contribution in [0.1, 0.15) is 29.2 Å². The van der Waals surface area contributed by atoms with Gasteiger partial charge in [-0.25, -0.2) is 4.79 Å². The first-order chi connectivity index (χ1) is 12.5. The molecule has 26 heavy (non-hydrogen) atoms. The number of benzene rings is 2. The summed E-state index contributed by atoms with van der Waals surface area (Å²) in [5, 5.41) is 9.25. The summed E-state index contributed by atoms with van der Waals surface area (Å²) >= 11 is 3.47. The number of rotatable bonds is 6. The van der Waals surface area contributed by atoms with Gasteiger partial charge in [0.1, 0.15) is 24.0 Å². The minimum absolute atomic E-state index is 0.0155. The minimum atomic E-state index is -0.609. The van der Waals surface area contributed by atoms with Crippen molar-refractivity contribution < 1.29 is 14.3 Å². The molecule has 134 valence electrons. The molecule has 0 saturated heterocycles. The molecule has 0 fully saturated rings. The van der Waals surface area contributed by atoms with Crippen LogP contribution in [0.3, 0.4) is 0 Å². The number of para-hydroxylation sites is 1. The van der Waals surface area contributed by atoms with Crippen LogP contribution in [0.2, 0.25) is 0 Å². The van der Waals surface area contributed by atoms with Crippen molar-refractivity contribution in [3.8, 4) is 11.8 Å². The van der Waals surface area contributed by atoms with E-state index in [0.29, 0.717) is 6.61 Å². The van der Waals surface area contributed by atoms with Crippen molar-refractivity contribution in [2.45, 2.75) is 27.4 Å². The highest BCUT2D eigenvalue weighted by Gasteiger charge is 2.12. The molecule has 0 aliphatic carbocycles. The SMILES string of the molecule is CCOC(=O)C(C#N)=Cc1cc(C)cc(COc2ccccc2Br)c1C. The van der Waals surface area contributed by atoms with E-state index in [-0.39, 0.29) is 12.2 Å². The zero-order chi connectivity index (χ0) is 19.1. The highest BCUT2D eigenvalue weighted by atomic mass is 79.9. The summed E-state index contributed by atoms with van der Waals surface area (Å²) in [6.07, 6.45) is 1.57. The number of hydrogen-bond acceptors (Lipinski definition) is 4. The van der Waals surface area contributed by atoms with Crippen molar-refractivity contribution >= 4 is 28.0 Å². The summed E-state index contributed by atoms with van der Waals surface area (Å²) < 4.78 is 11.7. The van der Waals surface area contributed by atoms with Crippen molar-refractivity contribution in [1.82, 2.24) is 0 Å². The van der Waals surface area contributed by atoms with E-state index < -0.39 is 5.97 Å². The molecule has 4 nitrogen and oxygen atoms in total. The second-order valence-electron chi connectivity index (χ2n) is 5.75. The molecule has 0 unspecified atom stereocenters. The lowest BCUT2D eigenvalue weighted by Gasteiger charge is -2.13. The largest absolute Gasteiger partial charge is 0.488 e. The highest BCUT2D eigenvalue weighted by Crippen LogP contribution is 2.26. The zero-order valence-electron chi connectivity index (χ0n) is 15.0. The Balaban J connectivity index is 2.32. The smallest absolute Gasteiger partial charge is 0.348 e. The average molecular weight is 414 g/mol. The Morgan fingerprint density at radius 2 is 2.00 bits per heavy atom. The van der Waals surface area contributed by atoms with Gasteiger partial charge in [-0.05, 0) is 71.6 Å². The van der Waals surface area contributed by atoms with Gasteiger partial charge in [-0.2, -0.15) is 5.26 Å². The fraction of sp³-hybridized carbons (Fsp3) is 0.238. The normalized spacial score (nSPS) is 11.0. The number of hydrogen-bond donors (Lipinski definition) is 0. The Hall–Kier alpha value is -2.58. The van der Waals surface area contributed by atoms with E-state index in [9.17, 15) is 10.1 Å². The first-order valence-corrected chi connectivity index (χ1v) is 9.02. The molecule has 0 saturated carbocycles. The first kappa shape index (κ1) is 19.7. The molecule has 0 amide bonds. The van der Waals surface area contributed by atoms with Gasteiger partial charge in [0.05, 0.1) is 11.1 Å². The van der Waals surface area contributed by atoms with Crippen molar-refractivity contribution in [1.29, 1.82) is 5.26 Å². The van der Waals surface area contributed by atoms with Crippen LogP contribution in [0.15, 0.2) is 46.4 Å². The lowest BCUT2D eigenvalue weighted by molar-refractivity contribution is -0.137. The molecule has 0 aliphatic rings. The van der Waals surface area contributed by atoms with Gasteiger partial charge in [0, 0.05) is 0 Å². The van der Waals surface area contributed by atoms with E-state index in [1.165, 1.54) is 0 Å². The Kier molecular flexibility index (Phi) is 6.99. The second kappa shape index (κ2) is 9.21. The second-order valence-corrected chi connectivity index (χ2v) is 6.60. The van der Waals surface area contributed by atoms with Gasteiger partial charge in [-0.3, -0.25) is 0 Å². The Morgan fingerprint density at radius 1 is 1.27 bits per heavy atom. The molecular formula is C21H20BrNO3. The molecule has 0 spiro atoms. The highest BCUT2D eigenvalue weighted by molar-refractivity contribution is 9.10. The first-order valence-electron chi connectivity index (χ1n) is 8.22. The Labute approximate surface area is 162 Å². The van der Waals surface area contributed by atoms with Gasteiger partial charge >= 0.3 is 5.97 Å². The van der Waals surface area contributed by atoms with E-state index in [2.05, 4.69) is 15.9 Å². The van der Waals surface area contributed by atoms with E-state index in [0.717, 1.165) is 32.5 Å².